The molecule has 0 unspecified atom stereocenters. The lowest BCUT2D eigenvalue weighted by Gasteiger charge is -2.00. The molecule has 0 N–H and O–H groups in total. The summed E-state index contributed by atoms with van der Waals surface area (Å²) in [4.78, 5) is 0. The maximum Gasteiger partial charge on any atom is 0.0406 e. The SMILES string of the molecule is CC/C(=C/CCl)CCC=C(C)C. The number of halogens is 1. The first-order chi connectivity index (χ1) is 5.70. The maximum absolute atomic E-state index is 5.62. The van der Waals surface area contributed by atoms with Crippen molar-refractivity contribution in [2.24, 2.45) is 0 Å². The van der Waals surface area contributed by atoms with Crippen LogP contribution >= 0.6 is 11.6 Å². The number of hydrogen-bond donors (Lipinski definition) is 0. The van der Waals surface area contributed by atoms with Gasteiger partial charge in [0.05, 0.1) is 0 Å². The first-order valence-electron chi connectivity index (χ1n) is 4.58. The van der Waals surface area contributed by atoms with Crippen molar-refractivity contribution in [3.63, 3.8) is 0 Å². The van der Waals surface area contributed by atoms with Crippen LogP contribution in [0.15, 0.2) is 23.3 Å². The van der Waals surface area contributed by atoms with Crippen molar-refractivity contribution >= 4 is 11.6 Å². The average molecular weight is 187 g/mol. The van der Waals surface area contributed by atoms with Gasteiger partial charge in [-0.15, -0.1) is 11.6 Å². The molecule has 0 aliphatic carbocycles. The lowest BCUT2D eigenvalue weighted by atomic mass is 10.1. The summed E-state index contributed by atoms with van der Waals surface area (Å²) in [6, 6.07) is 0. The number of alkyl halides is 1. The minimum absolute atomic E-state index is 0.651. The zero-order valence-corrected chi connectivity index (χ0v) is 9.12. The van der Waals surface area contributed by atoms with Gasteiger partial charge in [0, 0.05) is 5.88 Å². The second-order valence-electron chi connectivity index (χ2n) is 3.19. The van der Waals surface area contributed by atoms with E-state index in [2.05, 4.69) is 32.9 Å². The second-order valence-corrected chi connectivity index (χ2v) is 3.50. The Morgan fingerprint density at radius 2 is 1.92 bits per heavy atom. The predicted octanol–water partition coefficient (Wildman–Crippen LogP) is 4.31. The normalized spacial score (nSPS) is 11.5. The summed E-state index contributed by atoms with van der Waals surface area (Å²) in [7, 11) is 0. The molecule has 0 aromatic rings. The molecule has 0 fully saturated rings. The molecule has 0 radical (unpaired) electrons. The number of rotatable bonds is 5. The van der Waals surface area contributed by atoms with Gasteiger partial charge in [-0.3, -0.25) is 0 Å². The summed E-state index contributed by atoms with van der Waals surface area (Å²) in [6.07, 6.45) is 7.84. The summed E-state index contributed by atoms with van der Waals surface area (Å²) in [5.74, 6) is 0.651. The smallest absolute Gasteiger partial charge is 0.0406 e. The van der Waals surface area contributed by atoms with E-state index in [1.807, 2.05) is 0 Å². The van der Waals surface area contributed by atoms with Crippen molar-refractivity contribution in [3.05, 3.63) is 23.3 Å². The summed E-state index contributed by atoms with van der Waals surface area (Å²) >= 11 is 5.62. The van der Waals surface area contributed by atoms with Gasteiger partial charge in [0.15, 0.2) is 0 Å². The fraction of sp³-hybridized carbons (Fsp3) is 0.636. The molecule has 1 heteroatoms. The van der Waals surface area contributed by atoms with E-state index >= 15 is 0 Å². The minimum atomic E-state index is 0.651. The van der Waals surface area contributed by atoms with E-state index in [1.54, 1.807) is 0 Å². The van der Waals surface area contributed by atoms with Gasteiger partial charge in [0.25, 0.3) is 0 Å². The molecule has 0 nitrogen and oxygen atoms in total. The van der Waals surface area contributed by atoms with E-state index in [-0.39, 0.29) is 0 Å². The van der Waals surface area contributed by atoms with Crippen molar-refractivity contribution in [2.75, 3.05) is 5.88 Å². The van der Waals surface area contributed by atoms with Gasteiger partial charge in [0.1, 0.15) is 0 Å². The van der Waals surface area contributed by atoms with Crippen LogP contribution in [0.1, 0.15) is 40.0 Å². The average Bonchev–Trinajstić information content (AvgIpc) is 2.02. The van der Waals surface area contributed by atoms with Gasteiger partial charge >= 0.3 is 0 Å². The molecule has 0 heterocycles. The summed E-state index contributed by atoms with van der Waals surface area (Å²) in [5.41, 5.74) is 2.87. The van der Waals surface area contributed by atoms with Crippen LogP contribution in [-0.4, -0.2) is 5.88 Å². The van der Waals surface area contributed by atoms with Crippen LogP contribution in [0.2, 0.25) is 0 Å². The van der Waals surface area contributed by atoms with E-state index in [1.165, 1.54) is 11.1 Å². The highest BCUT2D eigenvalue weighted by atomic mass is 35.5. The van der Waals surface area contributed by atoms with Crippen molar-refractivity contribution in [2.45, 2.75) is 40.0 Å². The molecule has 0 rings (SSSR count). The van der Waals surface area contributed by atoms with Crippen molar-refractivity contribution in [1.82, 2.24) is 0 Å². The fourth-order valence-electron chi connectivity index (χ4n) is 1.08. The molecule has 0 aromatic heterocycles. The molecule has 0 spiro atoms. The first kappa shape index (κ1) is 11.8. The third kappa shape index (κ3) is 6.48. The van der Waals surface area contributed by atoms with Gasteiger partial charge < -0.3 is 0 Å². The van der Waals surface area contributed by atoms with Crippen LogP contribution in [0.25, 0.3) is 0 Å². The van der Waals surface area contributed by atoms with E-state index in [0.29, 0.717) is 5.88 Å². The van der Waals surface area contributed by atoms with Crippen molar-refractivity contribution in [1.29, 1.82) is 0 Å². The van der Waals surface area contributed by atoms with Gasteiger partial charge in [-0.05, 0) is 33.1 Å². The molecule has 0 aliphatic rings. The quantitative estimate of drug-likeness (QED) is 0.444. The molecular formula is C11H19Cl. The molecule has 0 atom stereocenters. The lowest BCUT2D eigenvalue weighted by Crippen LogP contribution is -1.82. The van der Waals surface area contributed by atoms with E-state index in [9.17, 15) is 0 Å². The van der Waals surface area contributed by atoms with Crippen LogP contribution in [-0.2, 0) is 0 Å². The topological polar surface area (TPSA) is 0 Å². The molecule has 0 saturated carbocycles. The summed E-state index contributed by atoms with van der Waals surface area (Å²) in [5, 5.41) is 0. The minimum Gasteiger partial charge on any atom is -0.122 e. The Morgan fingerprint density at radius 3 is 2.33 bits per heavy atom. The molecule has 70 valence electrons. The Labute approximate surface area is 81.3 Å². The van der Waals surface area contributed by atoms with Gasteiger partial charge in [-0.1, -0.05) is 30.2 Å². The van der Waals surface area contributed by atoms with E-state index in [4.69, 9.17) is 11.6 Å². The molecule has 0 aliphatic heterocycles. The fourth-order valence-corrected chi connectivity index (χ4v) is 1.30. The van der Waals surface area contributed by atoms with Crippen molar-refractivity contribution in [3.8, 4) is 0 Å². The van der Waals surface area contributed by atoms with Crippen LogP contribution in [0.5, 0.6) is 0 Å². The highest BCUT2D eigenvalue weighted by Crippen LogP contribution is 2.11. The Kier molecular flexibility index (Phi) is 7.28. The summed E-state index contributed by atoms with van der Waals surface area (Å²) < 4.78 is 0. The molecular weight excluding hydrogens is 168 g/mol. The Bertz CT molecular complexity index is 162. The van der Waals surface area contributed by atoms with Crippen molar-refractivity contribution < 1.29 is 0 Å². The highest BCUT2D eigenvalue weighted by Gasteiger charge is 1.91. The highest BCUT2D eigenvalue weighted by molar-refractivity contribution is 6.18. The van der Waals surface area contributed by atoms with Gasteiger partial charge in [0.2, 0.25) is 0 Å². The zero-order chi connectivity index (χ0) is 9.40. The first-order valence-corrected chi connectivity index (χ1v) is 5.11. The Morgan fingerprint density at radius 1 is 1.25 bits per heavy atom. The molecule has 0 bridgehead atoms. The van der Waals surface area contributed by atoms with Crippen LogP contribution in [0, 0.1) is 0 Å². The number of hydrogen-bond acceptors (Lipinski definition) is 0. The largest absolute Gasteiger partial charge is 0.122 e. The lowest BCUT2D eigenvalue weighted by molar-refractivity contribution is 0.899. The molecule has 0 amide bonds. The standard InChI is InChI=1S/C11H19Cl/c1-4-11(8-9-12)7-5-6-10(2)3/h6,8H,4-5,7,9H2,1-3H3/b11-8-. The second kappa shape index (κ2) is 7.42. The Hall–Kier alpha value is -0.230. The Balaban J connectivity index is 3.74. The molecule has 12 heavy (non-hydrogen) atoms. The van der Waals surface area contributed by atoms with Gasteiger partial charge in [-0.25, -0.2) is 0 Å². The predicted molar refractivity (Wildman–Crippen MR) is 57.8 cm³/mol. The third-order valence-electron chi connectivity index (χ3n) is 1.84. The van der Waals surface area contributed by atoms with E-state index < -0.39 is 0 Å². The molecule has 0 aromatic carbocycles. The maximum atomic E-state index is 5.62. The third-order valence-corrected chi connectivity index (χ3v) is 1.99. The zero-order valence-electron chi connectivity index (χ0n) is 8.36. The van der Waals surface area contributed by atoms with E-state index in [0.717, 1.165) is 19.3 Å². The van der Waals surface area contributed by atoms with Gasteiger partial charge in [-0.2, -0.15) is 0 Å². The van der Waals surface area contributed by atoms with Crippen LogP contribution in [0.4, 0.5) is 0 Å². The van der Waals surface area contributed by atoms with Crippen LogP contribution in [0.3, 0.4) is 0 Å². The monoisotopic (exact) mass is 186 g/mol. The summed E-state index contributed by atoms with van der Waals surface area (Å²) in [6.45, 7) is 6.45. The number of allylic oxidation sites excluding steroid dienone is 4. The molecule has 0 saturated heterocycles. The van der Waals surface area contributed by atoms with Crippen LogP contribution < -0.4 is 0 Å².